The Kier molecular flexibility index (Phi) is 5.23. The summed E-state index contributed by atoms with van der Waals surface area (Å²) in [7, 11) is -4.02. The molecule has 0 aliphatic carbocycles. The van der Waals surface area contributed by atoms with Crippen LogP contribution in [0.5, 0.6) is 0 Å². The normalized spacial score (nSPS) is 11.4. The fourth-order valence-corrected chi connectivity index (χ4v) is 3.60. The number of hydrogen-bond acceptors (Lipinski definition) is 4. The SMILES string of the molecule is Cc1ccc(F)c(NS(=O)(=O)c2ccc(-n3ncc(Cl)c(Cl)c3=O)cc2)c1. The molecule has 0 unspecified atom stereocenters. The maximum Gasteiger partial charge on any atom is 0.291 e. The monoisotopic (exact) mass is 427 g/mol. The van der Waals surface area contributed by atoms with Crippen LogP contribution in [0.3, 0.4) is 0 Å². The zero-order valence-corrected chi connectivity index (χ0v) is 16.1. The summed E-state index contributed by atoms with van der Waals surface area (Å²) in [6, 6.07) is 9.38. The van der Waals surface area contributed by atoms with Crippen LogP contribution in [0.15, 0.2) is 58.4 Å². The first-order valence-electron chi connectivity index (χ1n) is 7.52. The van der Waals surface area contributed by atoms with E-state index in [9.17, 15) is 17.6 Å². The topological polar surface area (TPSA) is 81.1 Å². The Labute approximate surface area is 164 Å². The molecule has 1 N–H and O–H groups in total. The number of nitrogens with zero attached hydrogens (tertiary/aromatic N) is 2. The van der Waals surface area contributed by atoms with E-state index in [1.807, 2.05) is 0 Å². The highest BCUT2D eigenvalue weighted by Crippen LogP contribution is 2.21. The van der Waals surface area contributed by atoms with Gasteiger partial charge in [-0.05, 0) is 48.9 Å². The van der Waals surface area contributed by atoms with Crippen LogP contribution in [-0.4, -0.2) is 18.2 Å². The van der Waals surface area contributed by atoms with Crippen molar-refractivity contribution in [1.29, 1.82) is 0 Å². The Balaban J connectivity index is 1.94. The van der Waals surface area contributed by atoms with Crippen molar-refractivity contribution in [1.82, 2.24) is 9.78 Å². The lowest BCUT2D eigenvalue weighted by atomic mass is 10.2. The molecule has 6 nitrogen and oxygen atoms in total. The highest BCUT2D eigenvalue weighted by molar-refractivity contribution is 7.92. The number of sulfonamides is 1. The summed E-state index contributed by atoms with van der Waals surface area (Å²) >= 11 is 11.5. The second-order valence-corrected chi connectivity index (χ2v) is 8.07. The van der Waals surface area contributed by atoms with E-state index in [4.69, 9.17) is 23.2 Å². The van der Waals surface area contributed by atoms with Crippen molar-refractivity contribution in [3.05, 3.63) is 80.4 Å². The molecule has 0 amide bonds. The zero-order valence-electron chi connectivity index (χ0n) is 13.8. The fourth-order valence-electron chi connectivity index (χ4n) is 2.28. The lowest BCUT2D eigenvalue weighted by molar-refractivity contribution is 0.598. The Hall–Kier alpha value is -2.42. The van der Waals surface area contributed by atoms with Gasteiger partial charge < -0.3 is 0 Å². The van der Waals surface area contributed by atoms with E-state index in [1.165, 1.54) is 48.7 Å². The summed E-state index contributed by atoms with van der Waals surface area (Å²) in [5.74, 6) is -0.688. The second kappa shape index (κ2) is 7.30. The van der Waals surface area contributed by atoms with Crippen LogP contribution in [0.1, 0.15) is 5.56 Å². The van der Waals surface area contributed by atoms with Crippen molar-refractivity contribution in [3.8, 4) is 5.69 Å². The van der Waals surface area contributed by atoms with Crippen molar-refractivity contribution < 1.29 is 12.8 Å². The van der Waals surface area contributed by atoms with Crippen molar-refractivity contribution >= 4 is 38.9 Å². The van der Waals surface area contributed by atoms with Gasteiger partial charge in [0, 0.05) is 0 Å². The molecule has 0 saturated heterocycles. The molecule has 1 heterocycles. The molecule has 1 aromatic heterocycles. The summed E-state index contributed by atoms with van der Waals surface area (Å²) in [6.07, 6.45) is 1.21. The molecule has 140 valence electrons. The first-order valence-corrected chi connectivity index (χ1v) is 9.76. The van der Waals surface area contributed by atoms with Crippen LogP contribution in [-0.2, 0) is 10.0 Å². The van der Waals surface area contributed by atoms with E-state index in [-0.39, 0.29) is 20.6 Å². The van der Waals surface area contributed by atoms with Gasteiger partial charge in [-0.3, -0.25) is 9.52 Å². The summed E-state index contributed by atoms with van der Waals surface area (Å²) in [4.78, 5) is 12.0. The van der Waals surface area contributed by atoms with Gasteiger partial charge in [0.05, 0.1) is 27.5 Å². The molecule has 2 aromatic carbocycles. The predicted molar refractivity (Wildman–Crippen MR) is 102 cm³/mol. The highest BCUT2D eigenvalue weighted by Gasteiger charge is 2.17. The molecule has 0 radical (unpaired) electrons. The van der Waals surface area contributed by atoms with E-state index in [0.717, 1.165) is 4.68 Å². The number of aryl methyl sites for hydroxylation is 1. The van der Waals surface area contributed by atoms with Crippen LogP contribution < -0.4 is 10.3 Å². The zero-order chi connectivity index (χ0) is 19.8. The van der Waals surface area contributed by atoms with Gasteiger partial charge in [-0.2, -0.15) is 9.78 Å². The summed E-state index contributed by atoms with van der Waals surface area (Å²) in [5.41, 5.74) is 0.204. The predicted octanol–water partition coefficient (Wildman–Crippen LogP) is 3.79. The van der Waals surface area contributed by atoms with Crippen LogP contribution in [0.25, 0.3) is 5.69 Å². The number of hydrogen-bond donors (Lipinski definition) is 1. The van der Waals surface area contributed by atoms with Crippen LogP contribution in [0.4, 0.5) is 10.1 Å². The maximum absolute atomic E-state index is 13.8. The molecule has 3 rings (SSSR count). The number of nitrogens with one attached hydrogen (secondary N) is 1. The third-order valence-corrected chi connectivity index (χ3v) is 5.76. The van der Waals surface area contributed by atoms with E-state index in [1.54, 1.807) is 6.92 Å². The Morgan fingerprint density at radius 1 is 1.11 bits per heavy atom. The largest absolute Gasteiger partial charge is 0.291 e. The van der Waals surface area contributed by atoms with Crippen LogP contribution in [0, 0.1) is 12.7 Å². The summed E-state index contributed by atoms with van der Waals surface area (Å²) < 4.78 is 42.0. The van der Waals surface area contributed by atoms with Gasteiger partial charge in [0.25, 0.3) is 15.6 Å². The van der Waals surface area contributed by atoms with Crippen molar-refractivity contribution in [2.45, 2.75) is 11.8 Å². The van der Waals surface area contributed by atoms with Crippen LogP contribution in [0.2, 0.25) is 10.0 Å². The maximum atomic E-state index is 13.8. The second-order valence-electron chi connectivity index (χ2n) is 5.61. The standard InChI is InChI=1S/C17H12Cl2FN3O3S/c1-10-2-7-14(20)15(8-10)22-27(25,26)12-5-3-11(4-6-12)23-17(24)16(19)13(18)9-21-23/h2-9,22H,1H3. The smallest absolute Gasteiger partial charge is 0.277 e. The minimum Gasteiger partial charge on any atom is -0.277 e. The minimum absolute atomic E-state index is 0.0153. The third kappa shape index (κ3) is 3.97. The van der Waals surface area contributed by atoms with Crippen LogP contribution >= 0.6 is 23.2 Å². The van der Waals surface area contributed by atoms with Gasteiger partial charge in [0.2, 0.25) is 0 Å². The molecule has 0 fully saturated rings. The van der Waals surface area contributed by atoms with Gasteiger partial charge in [0.1, 0.15) is 10.8 Å². The van der Waals surface area contributed by atoms with Gasteiger partial charge in [0.15, 0.2) is 0 Å². The van der Waals surface area contributed by atoms with Gasteiger partial charge in [-0.1, -0.05) is 29.3 Å². The average Bonchev–Trinajstić information content (AvgIpc) is 2.63. The third-order valence-electron chi connectivity index (χ3n) is 3.63. The number of benzene rings is 2. The van der Waals surface area contributed by atoms with Crippen molar-refractivity contribution in [3.63, 3.8) is 0 Å². The van der Waals surface area contributed by atoms with Crippen molar-refractivity contribution in [2.24, 2.45) is 0 Å². The molecule has 0 aliphatic heterocycles. The first-order chi connectivity index (χ1) is 12.7. The Morgan fingerprint density at radius 3 is 2.44 bits per heavy atom. The molecule has 0 aliphatic rings. The summed E-state index contributed by atoms with van der Waals surface area (Å²) in [6.45, 7) is 1.72. The molecule has 0 bridgehead atoms. The molecule has 0 spiro atoms. The molecule has 0 atom stereocenters. The highest BCUT2D eigenvalue weighted by atomic mass is 35.5. The van der Waals surface area contributed by atoms with E-state index < -0.39 is 21.4 Å². The molecule has 0 saturated carbocycles. The van der Waals surface area contributed by atoms with E-state index in [0.29, 0.717) is 11.3 Å². The summed E-state index contributed by atoms with van der Waals surface area (Å²) in [5, 5.41) is 3.68. The van der Waals surface area contributed by atoms with Gasteiger partial charge in [-0.25, -0.2) is 12.8 Å². The molecule has 3 aromatic rings. The molecule has 27 heavy (non-hydrogen) atoms. The van der Waals surface area contributed by atoms with E-state index in [2.05, 4.69) is 9.82 Å². The number of halogens is 3. The quantitative estimate of drug-likeness (QED) is 0.686. The van der Waals surface area contributed by atoms with Crippen molar-refractivity contribution in [2.75, 3.05) is 4.72 Å². The molecule has 10 heteroatoms. The molecular weight excluding hydrogens is 416 g/mol. The fraction of sp³-hybridized carbons (Fsp3) is 0.0588. The average molecular weight is 428 g/mol. The van der Waals surface area contributed by atoms with E-state index >= 15 is 0 Å². The Bertz CT molecular complexity index is 1180. The lowest BCUT2D eigenvalue weighted by Crippen LogP contribution is -2.21. The Morgan fingerprint density at radius 2 is 1.78 bits per heavy atom. The lowest BCUT2D eigenvalue weighted by Gasteiger charge is -2.11. The molecular formula is C17H12Cl2FN3O3S. The minimum atomic E-state index is -4.02. The number of anilines is 1. The van der Waals surface area contributed by atoms with Gasteiger partial charge >= 0.3 is 0 Å². The number of rotatable bonds is 4. The number of aromatic nitrogens is 2. The van der Waals surface area contributed by atoms with Gasteiger partial charge in [-0.15, -0.1) is 0 Å². The first kappa shape index (κ1) is 19.3.